The molecule has 3 heteroatoms. The number of nitrogens with one attached hydrogen (secondary N) is 1. The van der Waals surface area contributed by atoms with Crippen molar-refractivity contribution in [3.05, 3.63) is 35.9 Å². The lowest BCUT2D eigenvalue weighted by atomic mass is 10.1. The summed E-state index contributed by atoms with van der Waals surface area (Å²) in [5, 5.41) is 3.26. The standard InChI is InChI=1S/C15H23NO2/c1-11(2)16-14(15(17)18-12(3)4)10-13-8-6-5-7-9-13/h5-9,11-12,14,16H,10H2,1-4H3. The molecule has 18 heavy (non-hydrogen) atoms. The van der Waals surface area contributed by atoms with Gasteiger partial charge >= 0.3 is 5.97 Å². The minimum absolute atomic E-state index is 0.0789. The topological polar surface area (TPSA) is 38.3 Å². The van der Waals surface area contributed by atoms with Crippen molar-refractivity contribution in [2.24, 2.45) is 0 Å². The Morgan fingerprint density at radius 3 is 2.28 bits per heavy atom. The molecule has 1 unspecified atom stereocenters. The molecule has 0 fully saturated rings. The molecule has 1 aromatic carbocycles. The Labute approximate surface area is 110 Å². The third-order valence-electron chi connectivity index (χ3n) is 2.45. The van der Waals surface area contributed by atoms with E-state index in [-0.39, 0.29) is 24.2 Å². The summed E-state index contributed by atoms with van der Waals surface area (Å²) in [6.45, 7) is 7.79. The highest BCUT2D eigenvalue weighted by Gasteiger charge is 2.21. The van der Waals surface area contributed by atoms with Gasteiger partial charge in [-0.05, 0) is 25.8 Å². The van der Waals surface area contributed by atoms with Gasteiger partial charge < -0.3 is 10.1 Å². The maximum absolute atomic E-state index is 12.0. The van der Waals surface area contributed by atoms with Gasteiger partial charge in [-0.15, -0.1) is 0 Å². The predicted molar refractivity (Wildman–Crippen MR) is 73.4 cm³/mol. The molecule has 0 heterocycles. The number of esters is 1. The summed E-state index contributed by atoms with van der Waals surface area (Å²) >= 11 is 0. The van der Waals surface area contributed by atoms with E-state index in [0.717, 1.165) is 5.56 Å². The molecule has 0 aliphatic carbocycles. The van der Waals surface area contributed by atoms with Crippen LogP contribution in [0.15, 0.2) is 30.3 Å². The highest BCUT2D eigenvalue weighted by molar-refractivity contribution is 5.76. The van der Waals surface area contributed by atoms with E-state index in [4.69, 9.17) is 4.74 Å². The third-order valence-corrected chi connectivity index (χ3v) is 2.45. The van der Waals surface area contributed by atoms with Gasteiger partial charge in [0, 0.05) is 6.04 Å². The van der Waals surface area contributed by atoms with Crippen molar-refractivity contribution in [2.45, 2.75) is 52.3 Å². The number of carbonyl (C=O) groups excluding carboxylic acids is 1. The normalized spacial score (nSPS) is 12.8. The van der Waals surface area contributed by atoms with Gasteiger partial charge in [0.2, 0.25) is 0 Å². The molecule has 0 aromatic heterocycles. The predicted octanol–water partition coefficient (Wildman–Crippen LogP) is 2.55. The van der Waals surface area contributed by atoms with Gasteiger partial charge in [-0.25, -0.2) is 0 Å². The first-order valence-corrected chi connectivity index (χ1v) is 6.49. The zero-order chi connectivity index (χ0) is 13.5. The lowest BCUT2D eigenvalue weighted by molar-refractivity contribution is -0.150. The molecule has 0 aliphatic heterocycles. The molecule has 1 atom stereocenters. The Hall–Kier alpha value is -1.35. The molecule has 0 saturated heterocycles. The van der Waals surface area contributed by atoms with Gasteiger partial charge in [-0.3, -0.25) is 4.79 Å². The van der Waals surface area contributed by atoms with Gasteiger partial charge in [0.25, 0.3) is 0 Å². The number of carbonyl (C=O) groups is 1. The zero-order valence-electron chi connectivity index (χ0n) is 11.6. The molecule has 100 valence electrons. The summed E-state index contributed by atoms with van der Waals surface area (Å²) in [7, 11) is 0. The van der Waals surface area contributed by atoms with Gasteiger partial charge in [0.05, 0.1) is 6.10 Å². The van der Waals surface area contributed by atoms with Crippen LogP contribution in [0.1, 0.15) is 33.3 Å². The summed E-state index contributed by atoms with van der Waals surface area (Å²) in [5.74, 6) is -0.178. The molecule has 0 spiro atoms. The van der Waals surface area contributed by atoms with Gasteiger partial charge in [-0.1, -0.05) is 44.2 Å². The van der Waals surface area contributed by atoms with Crippen molar-refractivity contribution in [3.8, 4) is 0 Å². The Bertz CT molecular complexity index is 360. The van der Waals surface area contributed by atoms with Crippen LogP contribution in [0.4, 0.5) is 0 Å². The van der Waals surface area contributed by atoms with Crippen molar-refractivity contribution >= 4 is 5.97 Å². The lowest BCUT2D eigenvalue weighted by Crippen LogP contribution is -2.44. The Kier molecular flexibility index (Phi) is 5.86. The molecule has 0 saturated carbocycles. The van der Waals surface area contributed by atoms with Crippen molar-refractivity contribution in [2.75, 3.05) is 0 Å². The van der Waals surface area contributed by atoms with Crippen molar-refractivity contribution in [1.29, 1.82) is 0 Å². The van der Waals surface area contributed by atoms with Crippen LogP contribution < -0.4 is 5.32 Å². The molecule has 1 aromatic rings. The second kappa shape index (κ2) is 7.17. The van der Waals surface area contributed by atoms with Gasteiger partial charge in [-0.2, -0.15) is 0 Å². The van der Waals surface area contributed by atoms with E-state index < -0.39 is 0 Å². The fourth-order valence-electron chi connectivity index (χ4n) is 1.78. The van der Waals surface area contributed by atoms with Crippen LogP contribution in [0.25, 0.3) is 0 Å². The van der Waals surface area contributed by atoms with Crippen LogP contribution in [-0.4, -0.2) is 24.2 Å². The van der Waals surface area contributed by atoms with E-state index in [9.17, 15) is 4.79 Å². The van der Waals surface area contributed by atoms with E-state index in [2.05, 4.69) is 5.32 Å². The smallest absolute Gasteiger partial charge is 0.323 e. The SMILES string of the molecule is CC(C)NC(Cc1ccccc1)C(=O)OC(C)C. The summed E-state index contributed by atoms with van der Waals surface area (Å²) < 4.78 is 5.28. The van der Waals surface area contributed by atoms with Gasteiger partial charge in [0.15, 0.2) is 0 Å². The average molecular weight is 249 g/mol. The maximum Gasteiger partial charge on any atom is 0.323 e. The summed E-state index contributed by atoms with van der Waals surface area (Å²) in [4.78, 5) is 12.0. The Morgan fingerprint density at radius 2 is 1.78 bits per heavy atom. The van der Waals surface area contributed by atoms with E-state index in [0.29, 0.717) is 6.42 Å². The fourth-order valence-corrected chi connectivity index (χ4v) is 1.78. The third kappa shape index (κ3) is 5.32. The minimum atomic E-state index is -0.283. The summed E-state index contributed by atoms with van der Waals surface area (Å²) in [6, 6.07) is 9.95. The quantitative estimate of drug-likeness (QED) is 0.787. The Morgan fingerprint density at radius 1 is 1.17 bits per heavy atom. The number of ether oxygens (including phenoxy) is 1. The van der Waals surface area contributed by atoms with Crippen LogP contribution in [0.5, 0.6) is 0 Å². The molecule has 1 rings (SSSR count). The molecule has 0 amide bonds. The van der Waals surface area contributed by atoms with Gasteiger partial charge in [0.1, 0.15) is 6.04 Å². The number of benzene rings is 1. The van der Waals surface area contributed by atoms with Crippen LogP contribution in [-0.2, 0) is 16.0 Å². The highest BCUT2D eigenvalue weighted by Crippen LogP contribution is 2.06. The van der Waals surface area contributed by atoms with Crippen LogP contribution in [0.2, 0.25) is 0 Å². The van der Waals surface area contributed by atoms with Crippen LogP contribution in [0, 0.1) is 0 Å². The molecular formula is C15H23NO2. The van der Waals surface area contributed by atoms with Crippen molar-refractivity contribution in [3.63, 3.8) is 0 Å². The van der Waals surface area contributed by atoms with E-state index in [1.807, 2.05) is 58.0 Å². The second-order valence-electron chi connectivity index (χ2n) is 5.05. The molecule has 0 bridgehead atoms. The van der Waals surface area contributed by atoms with Crippen molar-refractivity contribution in [1.82, 2.24) is 5.32 Å². The summed E-state index contributed by atoms with van der Waals surface area (Å²) in [5.41, 5.74) is 1.14. The summed E-state index contributed by atoms with van der Waals surface area (Å²) in [6.07, 6.45) is 0.578. The highest BCUT2D eigenvalue weighted by atomic mass is 16.5. The molecule has 1 N–H and O–H groups in total. The zero-order valence-corrected chi connectivity index (χ0v) is 11.6. The number of hydrogen-bond donors (Lipinski definition) is 1. The minimum Gasteiger partial charge on any atom is -0.462 e. The lowest BCUT2D eigenvalue weighted by Gasteiger charge is -2.21. The molecule has 0 radical (unpaired) electrons. The first-order chi connectivity index (χ1) is 8.49. The van der Waals surface area contributed by atoms with Crippen LogP contribution in [0.3, 0.4) is 0 Å². The maximum atomic E-state index is 12.0. The first kappa shape index (κ1) is 14.7. The van der Waals surface area contributed by atoms with E-state index in [1.54, 1.807) is 0 Å². The van der Waals surface area contributed by atoms with E-state index >= 15 is 0 Å². The average Bonchev–Trinajstić information content (AvgIpc) is 2.28. The first-order valence-electron chi connectivity index (χ1n) is 6.49. The monoisotopic (exact) mass is 249 g/mol. The van der Waals surface area contributed by atoms with Crippen LogP contribution >= 0.6 is 0 Å². The largest absolute Gasteiger partial charge is 0.462 e. The molecule has 0 aliphatic rings. The fraction of sp³-hybridized carbons (Fsp3) is 0.533. The Balaban J connectivity index is 2.69. The number of rotatable bonds is 6. The number of hydrogen-bond acceptors (Lipinski definition) is 3. The van der Waals surface area contributed by atoms with Crippen molar-refractivity contribution < 1.29 is 9.53 Å². The molecular weight excluding hydrogens is 226 g/mol. The molecule has 3 nitrogen and oxygen atoms in total. The second-order valence-corrected chi connectivity index (χ2v) is 5.05. The van der Waals surface area contributed by atoms with E-state index in [1.165, 1.54) is 0 Å².